The molecule has 1 N–H and O–H groups in total. The molecule has 0 heterocycles. The van der Waals surface area contributed by atoms with Crippen molar-refractivity contribution in [3.05, 3.63) is 91.1 Å². The number of anilines is 1. The summed E-state index contributed by atoms with van der Waals surface area (Å²) >= 11 is 0. The van der Waals surface area contributed by atoms with E-state index in [2.05, 4.69) is 73.1 Å². The molecule has 1 atom stereocenters. The standard InChI is InChI=1S/C20H19N/c1-3-15-10-7-13-19(17(15)4-2)21-20-14-8-11-16-9-5-6-12-18(16)20/h3-12,14,19,21H,1-2,13H2. The predicted molar refractivity (Wildman–Crippen MR) is 92.5 cm³/mol. The first-order valence-corrected chi connectivity index (χ1v) is 7.23. The van der Waals surface area contributed by atoms with Crippen molar-refractivity contribution < 1.29 is 0 Å². The summed E-state index contributed by atoms with van der Waals surface area (Å²) in [5, 5.41) is 6.16. The van der Waals surface area contributed by atoms with Gasteiger partial charge in [-0.05, 0) is 29.0 Å². The van der Waals surface area contributed by atoms with Gasteiger partial charge < -0.3 is 5.32 Å². The van der Waals surface area contributed by atoms with Crippen LogP contribution in [0.4, 0.5) is 5.69 Å². The van der Waals surface area contributed by atoms with E-state index in [-0.39, 0.29) is 6.04 Å². The van der Waals surface area contributed by atoms with Crippen LogP contribution in [-0.4, -0.2) is 6.04 Å². The fourth-order valence-corrected chi connectivity index (χ4v) is 2.88. The molecule has 0 bridgehead atoms. The van der Waals surface area contributed by atoms with Crippen molar-refractivity contribution in [2.75, 3.05) is 5.32 Å². The summed E-state index contributed by atoms with van der Waals surface area (Å²) < 4.78 is 0. The summed E-state index contributed by atoms with van der Waals surface area (Å²) in [4.78, 5) is 0. The van der Waals surface area contributed by atoms with Crippen molar-refractivity contribution in [1.82, 2.24) is 0 Å². The highest BCUT2D eigenvalue weighted by Gasteiger charge is 2.17. The molecule has 0 fully saturated rings. The molecule has 0 spiro atoms. The Kier molecular flexibility index (Phi) is 3.74. The summed E-state index contributed by atoms with van der Waals surface area (Å²) in [7, 11) is 0. The Morgan fingerprint density at radius 1 is 1.00 bits per heavy atom. The van der Waals surface area contributed by atoms with Crippen LogP contribution < -0.4 is 5.32 Å². The van der Waals surface area contributed by atoms with Crippen LogP contribution >= 0.6 is 0 Å². The lowest BCUT2D eigenvalue weighted by molar-refractivity contribution is 0.842. The van der Waals surface area contributed by atoms with Gasteiger partial charge in [0.25, 0.3) is 0 Å². The number of fused-ring (bicyclic) bond motifs is 1. The third-order valence-electron chi connectivity index (χ3n) is 3.94. The van der Waals surface area contributed by atoms with Crippen molar-refractivity contribution in [1.29, 1.82) is 0 Å². The van der Waals surface area contributed by atoms with Crippen LogP contribution in [0.25, 0.3) is 10.8 Å². The second-order valence-corrected chi connectivity index (χ2v) is 5.18. The molecule has 1 nitrogen and oxygen atoms in total. The number of hydrogen-bond donors (Lipinski definition) is 1. The fraction of sp³-hybridized carbons (Fsp3) is 0.100. The minimum atomic E-state index is 0.242. The molecule has 104 valence electrons. The monoisotopic (exact) mass is 273 g/mol. The van der Waals surface area contributed by atoms with Gasteiger partial charge in [0.2, 0.25) is 0 Å². The molecule has 1 heteroatoms. The maximum atomic E-state index is 3.96. The largest absolute Gasteiger partial charge is 0.377 e. The lowest BCUT2D eigenvalue weighted by atomic mass is 9.92. The summed E-state index contributed by atoms with van der Waals surface area (Å²) in [5.74, 6) is 0. The molecule has 0 amide bonds. The number of allylic oxidation sites excluding steroid dienone is 3. The molecule has 2 aromatic rings. The molecule has 3 rings (SSSR count). The van der Waals surface area contributed by atoms with E-state index in [1.165, 1.54) is 16.3 Å². The molecule has 0 radical (unpaired) electrons. The molecule has 1 aliphatic carbocycles. The van der Waals surface area contributed by atoms with E-state index < -0.39 is 0 Å². The number of rotatable bonds is 4. The van der Waals surface area contributed by atoms with Gasteiger partial charge in [0.1, 0.15) is 0 Å². The van der Waals surface area contributed by atoms with E-state index in [9.17, 15) is 0 Å². The summed E-state index contributed by atoms with van der Waals surface area (Å²) in [6.07, 6.45) is 9.09. The normalized spacial score (nSPS) is 17.8. The molecule has 0 aliphatic heterocycles. The van der Waals surface area contributed by atoms with Crippen LogP contribution in [0.2, 0.25) is 0 Å². The Bertz CT molecular complexity index is 744. The van der Waals surface area contributed by atoms with Gasteiger partial charge in [-0.2, -0.15) is 0 Å². The van der Waals surface area contributed by atoms with Gasteiger partial charge >= 0.3 is 0 Å². The van der Waals surface area contributed by atoms with Crippen molar-refractivity contribution in [3.8, 4) is 0 Å². The molecular formula is C20H19N. The second kappa shape index (κ2) is 5.84. The van der Waals surface area contributed by atoms with Crippen molar-refractivity contribution >= 4 is 16.5 Å². The van der Waals surface area contributed by atoms with Crippen molar-refractivity contribution in [2.24, 2.45) is 0 Å². The molecule has 2 aromatic carbocycles. The summed E-state index contributed by atoms with van der Waals surface area (Å²) in [6.45, 7) is 7.85. The van der Waals surface area contributed by atoms with Gasteiger partial charge in [-0.3, -0.25) is 0 Å². The Morgan fingerprint density at radius 3 is 2.62 bits per heavy atom. The second-order valence-electron chi connectivity index (χ2n) is 5.18. The van der Waals surface area contributed by atoms with Crippen LogP contribution in [0.3, 0.4) is 0 Å². The van der Waals surface area contributed by atoms with Crippen LogP contribution in [0.5, 0.6) is 0 Å². The topological polar surface area (TPSA) is 12.0 Å². The van der Waals surface area contributed by atoms with E-state index in [0.717, 1.165) is 17.7 Å². The SMILES string of the molecule is C=CC1=C(C=C)C(Nc2cccc3ccccc23)CC=C1. The van der Waals surface area contributed by atoms with E-state index in [4.69, 9.17) is 0 Å². The van der Waals surface area contributed by atoms with E-state index in [0.29, 0.717) is 0 Å². The zero-order valence-corrected chi connectivity index (χ0v) is 12.0. The number of benzene rings is 2. The Morgan fingerprint density at radius 2 is 1.81 bits per heavy atom. The Hall–Kier alpha value is -2.54. The summed E-state index contributed by atoms with van der Waals surface area (Å²) in [6, 6.07) is 15.0. The maximum Gasteiger partial charge on any atom is 0.0554 e. The Balaban J connectivity index is 1.99. The molecule has 0 aromatic heterocycles. The van der Waals surface area contributed by atoms with Gasteiger partial charge in [-0.25, -0.2) is 0 Å². The van der Waals surface area contributed by atoms with Gasteiger partial charge in [0.05, 0.1) is 6.04 Å². The van der Waals surface area contributed by atoms with E-state index in [1.807, 2.05) is 12.2 Å². The smallest absolute Gasteiger partial charge is 0.0554 e. The van der Waals surface area contributed by atoms with Crippen molar-refractivity contribution in [2.45, 2.75) is 12.5 Å². The molecule has 21 heavy (non-hydrogen) atoms. The fourth-order valence-electron chi connectivity index (χ4n) is 2.88. The highest BCUT2D eigenvalue weighted by atomic mass is 14.9. The number of nitrogens with one attached hydrogen (secondary N) is 1. The maximum absolute atomic E-state index is 3.96. The first-order valence-electron chi connectivity index (χ1n) is 7.23. The average Bonchev–Trinajstić information content (AvgIpc) is 2.55. The molecule has 0 saturated carbocycles. The highest BCUT2D eigenvalue weighted by Crippen LogP contribution is 2.28. The minimum absolute atomic E-state index is 0.242. The van der Waals surface area contributed by atoms with Crippen LogP contribution in [0.1, 0.15) is 6.42 Å². The lowest BCUT2D eigenvalue weighted by Gasteiger charge is -2.25. The quantitative estimate of drug-likeness (QED) is 0.802. The Labute approximate surface area is 126 Å². The van der Waals surface area contributed by atoms with Gasteiger partial charge in [-0.15, -0.1) is 0 Å². The zero-order valence-electron chi connectivity index (χ0n) is 12.0. The van der Waals surface area contributed by atoms with Crippen LogP contribution in [0.15, 0.2) is 91.1 Å². The molecule has 1 aliphatic rings. The first-order chi connectivity index (χ1) is 10.3. The summed E-state index contributed by atoms with van der Waals surface area (Å²) in [5.41, 5.74) is 3.52. The highest BCUT2D eigenvalue weighted by molar-refractivity contribution is 5.94. The predicted octanol–water partition coefficient (Wildman–Crippen LogP) is 5.25. The van der Waals surface area contributed by atoms with Gasteiger partial charge in [0.15, 0.2) is 0 Å². The average molecular weight is 273 g/mol. The minimum Gasteiger partial charge on any atom is -0.377 e. The van der Waals surface area contributed by atoms with E-state index >= 15 is 0 Å². The van der Waals surface area contributed by atoms with Crippen LogP contribution in [-0.2, 0) is 0 Å². The van der Waals surface area contributed by atoms with Crippen molar-refractivity contribution in [3.63, 3.8) is 0 Å². The third kappa shape index (κ3) is 2.55. The molecule has 0 saturated heterocycles. The molecule has 1 unspecified atom stereocenters. The first kappa shape index (κ1) is 13.4. The van der Waals surface area contributed by atoms with Gasteiger partial charge in [0, 0.05) is 11.1 Å². The van der Waals surface area contributed by atoms with Gasteiger partial charge in [-0.1, -0.05) is 73.9 Å². The lowest BCUT2D eigenvalue weighted by Crippen LogP contribution is -2.23. The van der Waals surface area contributed by atoms with E-state index in [1.54, 1.807) is 0 Å². The third-order valence-corrected chi connectivity index (χ3v) is 3.94. The molecular weight excluding hydrogens is 254 g/mol. The zero-order chi connectivity index (χ0) is 14.7. The van der Waals surface area contributed by atoms with Crippen LogP contribution in [0, 0.1) is 0 Å². The number of hydrogen-bond acceptors (Lipinski definition) is 1.